The van der Waals surface area contributed by atoms with Gasteiger partial charge in [0.1, 0.15) is 11.5 Å². The summed E-state index contributed by atoms with van der Waals surface area (Å²) in [6.07, 6.45) is 6.16. The van der Waals surface area contributed by atoms with Crippen molar-refractivity contribution in [3.05, 3.63) is 34.9 Å². The minimum Gasteiger partial charge on any atom is -0.497 e. The Hall–Kier alpha value is -1.57. The molecule has 0 amide bonds. The quantitative estimate of drug-likeness (QED) is 0.772. The normalized spacial score (nSPS) is 30.8. The van der Waals surface area contributed by atoms with Gasteiger partial charge in [0.05, 0.1) is 7.11 Å². The lowest BCUT2D eigenvalue weighted by molar-refractivity contribution is -0.126. The third-order valence-corrected chi connectivity index (χ3v) is 6.07. The molecule has 1 saturated carbocycles. The highest BCUT2D eigenvalue weighted by atomic mass is 16.5. The van der Waals surface area contributed by atoms with Crippen LogP contribution in [0.1, 0.15) is 50.2 Å². The van der Waals surface area contributed by atoms with E-state index in [0.29, 0.717) is 11.7 Å². The first kappa shape index (κ1) is 13.1. The fourth-order valence-corrected chi connectivity index (χ4v) is 4.80. The van der Waals surface area contributed by atoms with Crippen LogP contribution in [0.2, 0.25) is 0 Å². The van der Waals surface area contributed by atoms with Crippen LogP contribution in [0.4, 0.5) is 0 Å². The lowest BCUT2D eigenvalue weighted by Crippen LogP contribution is -2.34. The lowest BCUT2D eigenvalue weighted by Gasteiger charge is -2.40. The van der Waals surface area contributed by atoms with Crippen LogP contribution in [0.3, 0.4) is 0 Å². The van der Waals surface area contributed by atoms with Crippen LogP contribution in [0, 0.1) is 11.3 Å². The van der Waals surface area contributed by atoms with E-state index in [1.165, 1.54) is 16.7 Å². The number of hydrogen-bond acceptors (Lipinski definition) is 2. The number of hydrogen-bond donors (Lipinski definition) is 0. The van der Waals surface area contributed by atoms with E-state index in [0.717, 1.165) is 44.3 Å². The molecule has 0 bridgehead atoms. The molecule has 2 nitrogen and oxygen atoms in total. The van der Waals surface area contributed by atoms with Crippen molar-refractivity contribution in [2.45, 2.75) is 45.4 Å². The minimum atomic E-state index is -0.0667. The summed E-state index contributed by atoms with van der Waals surface area (Å²) in [4.78, 5) is 12.3. The van der Waals surface area contributed by atoms with Crippen molar-refractivity contribution in [2.75, 3.05) is 7.11 Å². The van der Waals surface area contributed by atoms with Gasteiger partial charge in [-0.15, -0.1) is 0 Å². The summed E-state index contributed by atoms with van der Waals surface area (Å²) in [7, 11) is 1.73. The molecule has 1 fully saturated rings. The molecule has 0 aliphatic heterocycles. The van der Waals surface area contributed by atoms with Crippen LogP contribution in [0.15, 0.2) is 23.8 Å². The number of benzene rings is 1. The summed E-state index contributed by atoms with van der Waals surface area (Å²) >= 11 is 0. The SMILES string of the molecule is COc1ccc2c(c1)CCC1=C2CC[C@]2(C)C(=O)CC[C@H]12. The number of carbonyl (C=O) groups excluding carboxylic acids is 1. The van der Waals surface area contributed by atoms with Crippen LogP contribution in [-0.2, 0) is 11.2 Å². The Labute approximate surface area is 126 Å². The Balaban J connectivity index is 1.81. The van der Waals surface area contributed by atoms with E-state index >= 15 is 0 Å². The molecule has 0 N–H and O–H groups in total. The minimum absolute atomic E-state index is 0.0667. The van der Waals surface area contributed by atoms with Gasteiger partial charge in [-0.3, -0.25) is 4.79 Å². The number of methoxy groups -OCH3 is 1. The van der Waals surface area contributed by atoms with Crippen molar-refractivity contribution in [2.24, 2.45) is 11.3 Å². The molecule has 110 valence electrons. The smallest absolute Gasteiger partial charge is 0.139 e. The van der Waals surface area contributed by atoms with Crippen molar-refractivity contribution >= 4 is 11.4 Å². The number of Topliss-reactive ketones (excluding diaryl/α,β-unsaturated/α-hetero) is 1. The first-order chi connectivity index (χ1) is 10.1. The zero-order valence-corrected chi connectivity index (χ0v) is 12.9. The van der Waals surface area contributed by atoms with Gasteiger partial charge in [-0.2, -0.15) is 0 Å². The summed E-state index contributed by atoms with van der Waals surface area (Å²) in [6, 6.07) is 6.48. The second-order valence-corrected chi connectivity index (χ2v) is 6.96. The number of fused-ring (bicyclic) bond motifs is 4. The van der Waals surface area contributed by atoms with E-state index < -0.39 is 0 Å². The first-order valence-corrected chi connectivity index (χ1v) is 8.06. The molecular formula is C19H22O2. The first-order valence-electron chi connectivity index (χ1n) is 8.06. The van der Waals surface area contributed by atoms with Crippen molar-refractivity contribution in [3.8, 4) is 5.75 Å². The van der Waals surface area contributed by atoms with E-state index in [-0.39, 0.29) is 5.41 Å². The molecule has 1 aromatic rings. The summed E-state index contributed by atoms with van der Waals surface area (Å²) in [6.45, 7) is 2.21. The number of carbonyl (C=O) groups is 1. The molecule has 4 rings (SSSR count). The van der Waals surface area contributed by atoms with Crippen LogP contribution in [-0.4, -0.2) is 12.9 Å². The van der Waals surface area contributed by atoms with Gasteiger partial charge in [-0.1, -0.05) is 18.6 Å². The average molecular weight is 282 g/mol. The van der Waals surface area contributed by atoms with Gasteiger partial charge < -0.3 is 4.74 Å². The fraction of sp³-hybridized carbons (Fsp3) is 0.526. The fourth-order valence-electron chi connectivity index (χ4n) is 4.80. The Morgan fingerprint density at radius 3 is 2.86 bits per heavy atom. The zero-order valence-electron chi connectivity index (χ0n) is 12.9. The molecule has 3 aliphatic carbocycles. The molecule has 0 unspecified atom stereocenters. The summed E-state index contributed by atoms with van der Waals surface area (Å²) in [5.74, 6) is 1.96. The Morgan fingerprint density at radius 1 is 1.19 bits per heavy atom. The molecule has 0 aromatic heterocycles. The molecule has 0 heterocycles. The van der Waals surface area contributed by atoms with E-state index in [1.54, 1.807) is 12.7 Å². The number of rotatable bonds is 1. The molecule has 0 spiro atoms. The van der Waals surface area contributed by atoms with Crippen molar-refractivity contribution in [1.29, 1.82) is 0 Å². The number of ether oxygens (including phenoxy) is 1. The standard InChI is InChI=1S/C19H22O2/c1-19-10-9-15-14-6-4-13(21-2)11-12(14)3-5-16(15)17(19)7-8-18(19)20/h4,6,11,17H,3,5,7-10H2,1-2H3/t17-,19+/m1/s1. The summed E-state index contributed by atoms with van der Waals surface area (Å²) < 4.78 is 5.36. The van der Waals surface area contributed by atoms with E-state index in [1.807, 2.05) is 0 Å². The lowest BCUT2D eigenvalue weighted by atomic mass is 9.63. The van der Waals surface area contributed by atoms with Gasteiger partial charge in [-0.05, 0) is 66.9 Å². The third-order valence-electron chi connectivity index (χ3n) is 6.07. The van der Waals surface area contributed by atoms with Crippen LogP contribution in [0.25, 0.3) is 5.57 Å². The van der Waals surface area contributed by atoms with E-state index in [4.69, 9.17) is 4.74 Å². The molecule has 2 atom stereocenters. The van der Waals surface area contributed by atoms with E-state index in [9.17, 15) is 4.79 Å². The molecule has 0 radical (unpaired) electrons. The highest BCUT2D eigenvalue weighted by molar-refractivity contribution is 5.90. The van der Waals surface area contributed by atoms with Gasteiger partial charge in [0.25, 0.3) is 0 Å². The molecule has 3 aliphatic rings. The maximum absolute atomic E-state index is 12.3. The molecule has 2 heteroatoms. The average Bonchev–Trinajstić information content (AvgIpc) is 2.82. The topological polar surface area (TPSA) is 26.3 Å². The molecular weight excluding hydrogens is 260 g/mol. The van der Waals surface area contributed by atoms with Gasteiger partial charge in [0.15, 0.2) is 0 Å². The maximum atomic E-state index is 12.3. The highest BCUT2D eigenvalue weighted by Gasteiger charge is 2.50. The Bertz CT molecular complexity index is 656. The second-order valence-electron chi connectivity index (χ2n) is 6.96. The summed E-state index contributed by atoms with van der Waals surface area (Å²) in [5.41, 5.74) is 5.89. The maximum Gasteiger partial charge on any atom is 0.139 e. The molecule has 21 heavy (non-hydrogen) atoms. The Morgan fingerprint density at radius 2 is 2.05 bits per heavy atom. The largest absolute Gasteiger partial charge is 0.497 e. The van der Waals surface area contributed by atoms with Crippen LogP contribution < -0.4 is 4.74 Å². The summed E-state index contributed by atoms with van der Waals surface area (Å²) in [5, 5.41) is 0. The van der Waals surface area contributed by atoms with Gasteiger partial charge in [0.2, 0.25) is 0 Å². The van der Waals surface area contributed by atoms with E-state index in [2.05, 4.69) is 25.1 Å². The van der Waals surface area contributed by atoms with Crippen LogP contribution >= 0.6 is 0 Å². The second kappa shape index (κ2) is 4.46. The van der Waals surface area contributed by atoms with Crippen LogP contribution in [0.5, 0.6) is 5.75 Å². The number of aryl methyl sites for hydroxylation is 1. The number of ketones is 1. The predicted octanol–water partition coefficient (Wildman–Crippen LogP) is 4.17. The molecule has 0 saturated heterocycles. The van der Waals surface area contributed by atoms with Crippen molar-refractivity contribution < 1.29 is 9.53 Å². The Kier molecular flexibility index (Phi) is 2.79. The monoisotopic (exact) mass is 282 g/mol. The van der Waals surface area contributed by atoms with Crippen molar-refractivity contribution in [3.63, 3.8) is 0 Å². The third kappa shape index (κ3) is 1.74. The highest BCUT2D eigenvalue weighted by Crippen LogP contribution is 2.56. The number of allylic oxidation sites excluding steroid dienone is 2. The predicted molar refractivity (Wildman–Crippen MR) is 83.3 cm³/mol. The van der Waals surface area contributed by atoms with Gasteiger partial charge in [-0.25, -0.2) is 0 Å². The van der Waals surface area contributed by atoms with Gasteiger partial charge >= 0.3 is 0 Å². The molecule has 1 aromatic carbocycles. The van der Waals surface area contributed by atoms with Gasteiger partial charge in [0, 0.05) is 11.8 Å². The van der Waals surface area contributed by atoms with Crippen molar-refractivity contribution in [1.82, 2.24) is 0 Å². The zero-order chi connectivity index (χ0) is 14.6.